The summed E-state index contributed by atoms with van der Waals surface area (Å²) in [7, 11) is 0. The van der Waals surface area contributed by atoms with Crippen LogP contribution in [0.5, 0.6) is 0 Å². The van der Waals surface area contributed by atoms with E-state index in [1.165, 1.54) is 18.2 Å². The molecular weight excluding hydrogens is 1100 g/mol. The van der Waals surface area contributed by atoms with Crippen LogP contribution in [0.1, 0.15) is 106 Å². The van der Waals surface area contributed by atoms with E-state index in [4.69, 9.17) is 30.6 Å². The van der Waals surface area contributed by atoms with Crippen LogP contribution in [-0.4, -0.2) is 81.9 Å². The van der Waals surface area contributed by atoms with Crippen LogP contribution < -0.4 is 32.1 Å². The van der Waals surface area contributed by atoms with Gasteiger partial charge in [0.25, 0.3) is 0 Å². The van der Waals surface area contributed by atoms with Crippen molar-refractivity contribution in [1.29, 1.82) is 0 Å². The zero-order valence-corrected chi connectivity index (χ0v) is 48.6. The molecule has 5 aromatic heterocycles. The molecule has 4 amide bonds. The van der Waals surface area contributed by atoms with Gasteiger partial charge in [-0.2, -0.15) is 9.97 Å². The third kappa shape index (κ3) is 12.1. The number of carbonyl (C=O) groups excluding carboxylic acids is 4. The first kappa shape index (κ1) is 59.1. The van der Waals surface area contributed by atoms with E-state index in [9.17, 15) is 19.2 Å². The number of nitrogens with zero attached hydrogens (tertiary/aromatic N) is 8. The average Bonchev–Trinajstić information content (AvgIpc) is 2.26. The second-order valence-electron chi connectivity index (χ2n) is 22.7. The summed E-state index contributed by atoms with van der Waals surface area (Å²) < 4.78 is 41.0. The fourth-order valence-electron chi connectivity index (χ4n) is 9.49. The molecule has 1 aliphatic carbocycles. The average molecular weight is 1160 g/mol. The maximum absolute atomic E-state index is 15.6. The SMILES string of the molecule is C=CC(=O)Nc1c(Cl)cccc1-c1nc2nccc(-c3ccc(CNC(=O)c4nc(C(C)(C)C)no4)c(F)c3)c2[nH]1.C=CC(=O)Nc1cccc(C)c1-c1nc2c([nH]1)=C(C1=CC(F)=C(CNC(=O)c3nc(C(C)(C)C)no3)C1(C)C)C(C)CN=2. The van der Waals surface area contributed by atoms with Crippen LogP contribution in [0.25, 0.3) is 50.6 Å². The summed E-state index contributed by atoms with van der Waals surface area (Å²) in [5, 5.41) is 19.7. The highest BCUT2D eigenvalue weighted by Crippen LogP contribution is 2.48. The zero-order valence-electron chi connectivity index (χ0n) is 47.9. The Kier molecular flexibility index (Phi) is 16.4. The zero-order chi connectivity index (χ0) is 60.6. The van der Waals surface area contributed by atoms with Gasteiger partial charge >= 0.3 is 23.6 Å². The number of carbonyl (C=O) groups is 4. The fourth-order valence-corrected chi connectivity index (χ4v) is 9.71. The predicted octanol–water partition coefficient (Wildman–Crippen LogP) is 10.0. The first-order chi connectivity index (χ1) is 39.8. The van der Waals surface area contributed by atoms with E-state index in [1.54, 1.807) is 48.7 Å². The number of imidazole rings is 2. The third-order valence-corrected chi connectivity index (χ3v) is 14.4. The number of rotatable bonds is 14. The predicted molar refractivity (Wildman–Crippen MR) is 314 cm³/mol. The first-order valence-electron chi connectivity index (χ1n) is 26.7. The number of aromatic nitrogens is 9. The van der Waals surface area contributed by atoms with E-state index in [-0.39, 0.29) is 53.1 Å². The van der Waals surface area contributed by atoms with E-state index >= 15 is 8.78 Å². The van der Waals surface area contributed by atoms with Crippen LogP contribution in [0, 0.1) is 24.1 Å². The maximum atomic E-state index is 15.6. The molecule has 0 bridgehead atoms. The summed E-state index contributed by atoms with van der Waals surface area (Å²) in [5.74, 6) is -1.45. The van der Waals surface area contributed by atoms with Gasteiger partial charge in [-0.05, 0) is 83.3 Å². The molecule has 84 heavy (non-hydrogen) atoms. The number of aromatic amines is 2. The molecule has 3 aromatic carbocycles. The molecule has 6 heterocycles. The van der Waals surface area contributed by atoms with Gasteiger partial charge in [0, 0.05) is 70.2 Å². The number of hydrogen-bond donors (Lipinski definition) is 6. The lowest BCUT2D eigenvalue weighted by molar-refractivity contribution is -0.112. The Balaban J connectivity index is 0.000000202. The van der Waals surface area contributed by atoms with Crippen molar-refractivity contribution in [3.63, 3.8) is 0 Å². The number of amides is 4. The van der Waals surface area contributed by atoms with E-state index in [0.29, 0.717) is 90.5 Å². The summed E-state index contributed by atoms with van der Waals surface area (Å²) >= 11 is 6.35. The largest absolute Gasteiger partial charge is 0.344 e. The van der Waals surface area contributed by atoms with Crippen LogP contribution in [0.3, 0.4) is 0 Å². The number of benzene rings is 3. The van der Waals surface area contributed by atoms with E-state index in [0.717, 1.165) is 28.3 Å². The van der Waals surface area contributed by atoms with Crippen molar-refractivity contribution in [2.24, 2.45) is 16.3 Å². The first-order valence-corrected chi connectivity index (χ1v) is 27.1. The number of fused-ring (bicyclic) bond motifs is 2. The number of halogens is 3. The topological polar surface area (TPSA) is 277 Å². The smallest absolute Gasteiger partial charge is 0.315 e. The molecule has 1 aliphatic heterocycles. The quantitative estimate of drug-likeness (QED) is 0.0554. The Morgan fingerprint density at radius 1 is 0.798 bits per heavy atom. The van der Waals surface area contributed by atoms with Crippen LogP contribution >= 0.6 is 11.6 Å². The van der Waals surface area contributed by atoms with Crippen molar-refractivity contribution in [3.05, 3.63) is 171 Å². The molecule has 0 fully saturated rings. The number of H-pyrrole nitrogens is 2. The third-order valence-electron chi connectivity index (χ3n) is 14.1. The van der Waals surface area contributed by atoms with Crippen molar-refractivity contribution < 1.29 is 37.0 Å². The molecule has 1 atom stereocenters. The Labute approximate surface area is 486 Å². The Morgan fingerprint density at radius 3 is 2.07 bits per heavy atom. The van der Waals surface area contributed by atoms with Gasteiger partial charge in [0.05, 0.1) is 27.3 Å². The minimum Gasteiger partial charge on any atom is -0.344 e. The monoisotopic (exact) mass is 1160 g/mol. The summed E-state index contributed by atoms with van der Waals surface area (Å²) in [6.45, 7) is 26.7. The number of nitrogens with one attached hydrogen (secondary N) is 6. The van der Waals surface area contributed by atoms with Gasteiger partial charge in [-0.15, -0.1) is 0 Å². The highest BCUT2D eigenvalue weighted by Gasteiger charge is 2.40. The normalized spacial score (nSPS) is 14.7. The van der Waals surface area contributed by atoms with Gasteiger partial charge in [0.15, 0.2) is 22.8 Å². The van der Waals surface area contributed by atoms with E-state index < -0.39 is 34.8 Å². The molecule has 23 heteroatoms. The van der Waals surface area contributed by atoms with Gasteiger partial charge in [0.2, 0.25) is 11.8 Å². The molecule has 0 saturated carbocycles. The Bertz CT molecular complexity index is 4170. The van der Waals surface area contributed by atoms with Gasteiger partial charge in [-0.25, -0.2) is 23.7 Å². The Hall–Kier alpha value is -9.57. The van der Waals surface area contributed by atoms with Gasteiger partial charge in [0.1, 0.15) is 23.3 Å². The van der Waals surface area contributed by atoms with Gasteiger partial charge in [-0.1, -0.05) is 128 Å². The highest BCUT2D eigenvalue weighted by atomic mass is 35.5. The van der Waals surface area contributed by atoms with E-state index in [1.807, 2.05) is 81.4 Å². The number of aryl methyl sites for hydroxylation is 1. The lowest BCUT2D eigenvalue weighted by atomic mass is 9.74. The van der Waals surface area contributed by atoms with Crippen molar-refractivity contribution in [1.82, 2.24) is 55.8 Å². The van der Waals surface area contributed by atoms with Crippen molar-refractivity contribution in [2.45, 2.75) is 86.6 Å². The van der Waals surface area contributed by atoms with Crippen molar-refractivity contribution >= 4 is 63.3 Å². The number of para-hydroxylation sites is 1. The molecule has 6 N–H and O–H groups in total. The molecule has 20 nitrogen and oxygen atoms in total. The second-order valence-corrected chi connectivity index (χ2v) is 23.1. The number of pyridine rings is 1. The molecule has 0 spiro atoms. The summed E-state index contributed by atoms with van der Waals surface area (Å²) in [5.41, 5.74) is 6.73. The number of allylic oxidation sites excluding steroid dienone is 3. The van der Waals surface area contributed by atoms with Crippen LogP contribution in [-0.2, 0) is 27.0 Å². The lowest BCUT2D eigenvalue weighted by Crippen LogP contribution is -2.38. The molecule has 0 radical (unpaired) electrons. The molecular formula is C61H61ClF2N14O6. The summed E-state index contributed by atoms with van der Waals surface area (Å²) in [6, 6.07) is 17.2. The summed E-state index contributed by atoms with van der Waals surface area (Å²) in [4.78, 5) is 82.8. The lowest BCUT2D eigenvalue weighted by Gasteiger charge is -2.31. The molecule has 432 valence electrons. The van der Waals surface area contributed by atoms with Gasteiger partial charge in [-0.3, -0.25) is 24.2 Å². The second kappa shape index (κ2) is 23.4. The standard InChI is InChI=1S/C32H36FN7O3.C29H25ClFN7O3/c1-9-22(41)36-21-12-10-11-16(2)24(21)26-37-25-23(17(3)14-34-27(25)38-26)18-13-20(33)19(32(18,7)8)15-35-28(42)29-39-30(40-43-29)31(4,5)6;1-5-21(39)34-22-18(7-6-8-19(22)30)24-35-23-17(11-12-32-25(23)36-24)15-9-10-16(20(31)13-15)14-33-26(40)27-37-28(38-41-27)29(2,3)4/h9-13,17H,1,14-15H2,2-8H3,(H,35,42)(H,36,41)(H,34,37,38);5-13H,1,14H2,2-4H3,(H,33,40)(H,34,39)(H,32,35,36). The highest BCUT2D eigenvalue weighted by molar-refractivity contribution is 6.34. The van der Waals surface area contributed by atoms with E-state index in [2.05, 4.69) is 74.6 Å². The van der Waals surface area contributed by atoms with Gasteiger partial charge < -0.3 is 40.3 Å². The van der Waals surface area contributed by atoms with Crippen molar-refractivity contribution in [2.75, 3.05) is 23.7 Å². The van der Waals surface area contributed by atoms with Crippen LogP contribution in [0.4, 0.5) is 20.2 Å². The number of anilines is 2. The molecule has 1 unspecified atom stereocenters. The van der Waals surface area contributed by atoms with Crippen LogP contribution in [0.2, 0.25) is 5.02 Å². The fraction of sp³-hybridized carbons (Fsp3) is 0.279. The molecule has 8 aromatic rings. The summed E-state index contributed by atoms with van der Waals surface area (Å²) in [6.07, 6.45) is 5.46. The minimum absolute atomic E-state index is 0.0286. The Morgan fingerprint density at radius 2 is 1.44 bits per heavy atom. The minimum atomic E-state index is -0.752. The van der Waals surface area contributed by atoms with Crippen molar-refractivity contribution in [3.8, 4) is 33.9 Å². The molecule has 10 rings (SSSR count). The maximum Gasteiger partial charge on any atom is 0.315 e. The number of hydrogen-bond acceptors (Lipinski definition) is 14. The molecule has 2 aliphatic rings. The molecule has 0 saturated heterocycles. The van der Waals surface area contributed by atoms with Crippen LogP contribution in [0.15, 0.2) is 129 Å².